The summed E-state index contributed by atoms with van der Waals surface area (Å²) in [6, 6.07) is 7.87. The number of para-hydroxylation sites is 1. The van der Waals surface area contributed by atoms with Gasteiger partial charge in [0.15, 0.2) is 0 Å². The molecule has 27 heavy (non-hydrogen) atoms. The largest absolute Gasteiger partial charge is 0.464 e. The van der Waals surface area contributed by atoms with Crippen molar-refractivity contribution in [1.29, 1.82) is 0 Å². The van der Waals surface area contributed by atoms with Crippen molar-refractivity contribution in [3.8, 4) is 0 Å². The lowest BCUT2D eigenvalue weighted by Crippen LogP contribution is -2.37. The third kappa shape index (κ3) is 4.87. The Kier molecular flexibility index (Phi) is 6.14. The fraction of sp³-hybridized carbons (Fsp3) is 0.571. The summed E-state index contributed by atoms with van der Waals surface area (Å²) in [6.45, 7) is 4.90. The summed E-state index contributed by atoms with van der Waals surface area (Å²) in [5.41, 5.74) is 2.01. The first kappa shape index (κ1) is 19.4. The van der Waals surface area contributed by atoms with Crippen LogP contribution in [0.25, 0.3) is 0 Å². The van der Waals surface area contributed by atoms with E-state index in [1.54, 1.807) is 4.90 Å². The smallest absolute Gasteiger partial charge is 0.325 e. The second-order valence-electron chi connectivity index (χ2n) is 7.62. The van der Waals surface area contributed by atoms with Gasteiger partial charge < -0.3 is 15.0 Å². The quantitative estimate of drug-likeness (QED) is 0.712. The van der Waals surface area contributed by atoms with Crippen molar-refractivity contribution in [3.63, 3.8) is 0 Å². The first-order valence-corrected chi connectivity index (χ1v) is 9.82. The van der Waals surface area contributed by atoms with Crippen LogP contribution in [0, 0.1) is 11.8 Å². The minimum atomic E-state index is -0.446. The van der Waals surface area contributed by atoms with Gasteiger partial charge in [0.25, 0.3) is 0 Å². The van der Waals surface area contributed by atoms with Crippen LogP contribution < -0.4 is 10.2 Å². The first-order chi connectivity index (χ1) is 13.0. The molecule has 0 aromatic heterocycles. The Bertz CT molecular complexity index is 714. The molecule has 0 radical (unpaired) electrons. The van der Waals surface area contributed by atoms with E-state index in [4.69, 9.17) is 4.74 Å². The van der Waals surface area contributed by atoms with Gasteiger partial charge >= 0.3 is 5.97 Å². The normalized spacial score (nSPS) is 20.4. The van der Waals surface area contributed by atoms with Crippen molar-refractivity contribution in [2.24, 2.45) is 11.8 Å². The summed E-state index contributed by atoms with van der Waals surface area (Å²) < 4.78 is 5.11. The van der Waals surface area contributed by atoms with E-state index >= 15 is 0 Å². The Morgan fingerprint density at radius 3 is 2.74 bits per heavy atom. The third-order valence-electron chi connectivity index (χ3n) is 5.45. The molecule has 6 heteroatoms. The van der Waals surface area contributed by atoms with E-state index in [1.165, 1.54) is 0 Å². The summed E-state index contributed by atoms with van der Waals surface area (Å²) in [7, 11) is 0. The summed E-state index contributed by atoms with van der Waals surface area (Å²) in [4.78, 5) is 38.3. The average Bonchev–Trinajstić information content (AvgIpc) is 3.44. The van der Waals surface area contributed by atoms with Crippen LogP contribution in [0.3, 0.4) is 0 Å². The second kappa shape index (κ2) is 8.55. The SMILES string of the molecule is CCC(C)c1ccccc1N1CC(C(=O)NCC(=O)OCC2CC2)CC1=O. The fourth-order valence-corrected chi connectivity index (χ4v) is 3.34. The van der Waals surface area contributed by atoms with Gasteiger partial charge in [0.2, 0.25) is 11.8 Å². The van der Waals surface area contributed by atoms with Crippen molar-refractivity contribution in [2.75, 3.05) is 24.6 Å². The van der Waals surface area contributed by atoms with Crippen molar-refractivity contribution in [1.82, 2.24) is 5.32 Å². The Morgan fingerprint density at radius 2 is 2.04 bits per heavy atom. The summed E-state index contributed by atoms with van der Waals surface area (Å²) in [6.07, 6.45) is 3.36. The highest BCUT2D eigenvalue weighted by molar-refractivity contribution is 6.01. The van der Waals surface area contributed by atoms with Crippen LogP contribution in [0.2, 0.25) is 0 Å². The topological polar surface area (TPSA) is 75.7 Å². The van der Waals surface area contributed by atoms with Crippen molar-refractivity contribution >= 4 is 23.5 Å². The number of rotatable bonds is 8. The van der Waals surface area contributed by atoms with Crippen molar-refractivity contribution in [2.45, 2.75) is 45.4 Å². The predicted molar refractivity (Wildman–Crippen MR) is 102 cm³/mol. The number of ether oxygens (including phenoxy) is 1. The summed E-state index contributed by atoms with van der Waals surface area (Å²) in [5.74, 6) is -0.353. The van der Waals surface area contributed by atoms with Crippen LogP contribution in [0.1, 0.15) is 51.0 Å². The highest BCUT2D eigenvalue weighted by atomic mass is 16.5. The standard InChI is InChI=1S/C21H28N2O4/c1-3-14(2)17-6-4-5-7-18(17)23-12-16(10-19(23)24)21(26)22-11-20(25)27-13-15-8-9-15/h4-7,14-16H,3,8-13H2,1-2H3,(H,22,26). The predicted octanol–water partition coefficient (Wildman–Crippen LogP) is 2.62. The van der Waals surface area contributed by atoms with Gasteiger partial charge in [-0.05, 0) is 42.7 Å². The molecule has 1 aromatic carbocycles. The van der Waals surface area contributed by atoms with Gasteiger partial charge in [0.1, 0.15) is 6.54 Å². The van der Waals surface area contributed by atoms with Crippen LogP contribution in [0.4, 0.5) is 5.69 Å². The number of benzene rings is 1. The van der Waals surface area contributed by atoms with Gasteiger partial charge in [-0.3, -0.25) is 14.4 Å². The maximum absolute atomic E-state index is 12.5. The number of hydrogen-bond acceptors (Lipinski definition) is 4. The zero-order valence-electron chi connectivity index (χ0n) is 16.1. The molecule has 1 saturated carbocycles. The van der Waals surface area contributed by atoms with Crippen LogP contribution in [-0.2, 0) is 19.1 Å². The van der Waals surface area contributed by atoms with Crippen LogP contribution >= 0.6 is 0 Å². The number of anilines is 1. The molecule has 2 fully saturated rings. The molecule has 2 unspecified atom stereocenters. The fourth-order valence-electron chi connectivity index (χ4n) is 3.34. The van der Waals surface area contributed by atoms with Crippen molar-refractivity contribution < 1.29 is 19.1 Å². The average molecular weight is 372 g/mol. The number of hydrogen-bond donors (Lipinski definition) is 1. The van der Waals surface area contributed by atoms with Crippen molar-refractivity contribution in [3.05, 3.63) is 29.8 Å². The van der Waals surface area contributed by atoms with E-state index < -0.39 is 11.9 Å². The monoisotopic (exact) mass is 372 g/mol. The highest BCUT2D eigenvalue weighted by Crippen LogP contribution is 2.33. The molecule has 0 spiro atoms. The Labute approximate surface area is 160 Å². The van der Waals surface area contributed by atoms with E-state index in [0.29, 0.717) is 25.0 Å². The number of amides is 2. The lowest BCUT2D eigenvalue weighted by molar-refractivity contribution is -0.144. The minimum Gasteiger partial charge on any atom is -0.464 e. The number of carbonyl (C=O) groups is 3. The molecule has 3 rings (SSSR count). The number of carbonyl (C=O) groups excluding carboxylic acids is 3. The number of nitrogens with one attached hydrogen (secondary N) is 1. The molecule has 1 saturated heterocycles. The molecule has 1 aliphatic carbocycles. The lowest BCUT2D eigenvalue weighted by atomic mass is 9.96. The first-order valence-electron chi connectivity index (χ1n) is 9.82. The van der Waals surface area contributed by atoms with E-state index in [9.17, 15) is 14.4 Å². The molecule has 6 nitrogen and oxygen atoms in total. The maximum Gasteiger partial charge on any atom is 0.325 e. The molecular formula is C21H28N2O4. The van der Waals surface area contributed by atoms with Gasteiger partial charge in [-0.15, -0.1) is 0 Å². The molecule has 1 aromatic rings. The molecule has 146 valence electrons. The molecular weight excluding hydrogens is 344 g/mol. The zero-order valence-corrected chi connectivity index (χ0v) is 16.1. The molecule has 1 aliphatic heterocycles. The molecule has 2 atom stereocenters. The van der Waals surface area contributed by atoms with E-state index in [0.717, 1.165) is 30.5 Å². The third-order valence-corrected chi connectivity index (χ3v) is 5.45. The van der Waals surface area contributed by atoms with Gasteiger partial charge in [-0.1, -0.05) is 32.0 Å². The Balaban J connectivity index is 1.56. The van der Waals surface area contributed by atoms with Gasteiger partial charge in [-0.2, -0.15) is 0 Å². The minimum absolute atomic E-state index is 0.0535. The molecule has 1 heterocycles. The van der Waals surface area contributed by atoms with Gasteiger partial charge in [0.05, 0.1) is 12.5 Å². The van der Waals surface area contributed by atoms with E-state index in [1.807, 2.05) is 24.3 Å². The van der Waals surface area contributed by atoms with E-state index in [2.05, 4.69) is 19.2 Å². The molecule has 2 aliphatic rings. The number of esters is 1. The van der Waals surface area contributed by atoms with E-state index in [-0.39, 0.29) is 24.8 Å². The molecule has 1 N–H and O–H groups in total. The Morgan fingerprint density at radius 1 is 1.30 bits per heavy atom. The number of nitrogens with zero attached hydrogens (tertiary/aromatic N) is 1. The molecule has 2 amide bonds. The summed E-state index contributed by atoms with van der Waals surface area (Å²) in [5, 5.41) is 2.62. The zero-order chi connectivity index (χ0) is 19.4. The summed E-state index contributed by atoms with van der Waals surface area (Å²) >= 11 is 0. The Hall–Kier alpha value is -2.37. The van der Waals surface area contributed by atoms with Gasteiger partial charge in [-0.25, -0.2) is 0 Å². The lowest BCUT2D eigenvalue weighted by Gasteiger charge is -2.23. The van der Waals surface area contributed by atoms with Crippen LogP contribution in [0.15, 0.2) is 24.3 Å². The second-order valence-corrected chi connectivity index (χ2v) is 7.62. The maximum atomic E-state index is 12.5. The van der Waals surface area contributed by atoms with Crippen LogP contribution in [0.5, 0.6) is 0 Å². The highest BCUT2D eigenvalue weighted by Gasteiger charge is 2.36. The molecule has 0 bridgehead atoms. The van der Waals surface area contributed by atoms with Gasteiger partial charge in [0, 0.05) is 18.7 Å². The van der Waals surface area contributed by atoms with Crippen LogP contribution in [-0.4, -0.2) is 37.5 Å².